The van der Waals surface area contributed by atoms with Gasteiger partial charge in [0.1, 0.15) is 12.1 Å². The smallest absolute Gasteiger partial charge is 0.325 e. The molecule has 0 spiro atoms. The minimum atomic E-state index is -1.32. The molecule has 0 aromatic heterocycles. The van der Waals surface area contributed by atoms with Gasteiger partial charge in [0.25, 0.3) is 5.91 Å². The predicted octanol–water partition coefficient (Wildman–Crippen LogP) is 2.13. The molecule has 8 nitrogen and oxygen atoms in total. The number of amides is 4. The fourth-order valence-corrected chi connectivity index (χ4v) is 3.22. The van der Waals surface area contributed by atoms with Crippen molar-refractivity contribution in [1.29, 1.82) is 0 Å². The van der Waals surface area contributed by atoms with E-state index in [1.165, 1.54) is 19.1 Å². The third kappa shape index (κ3) is 3.61. The molecule has 1 N–H and O–H groups in total. The molecule has 3 rings (SSSR count). The van der Waals surface area contributed by atoms with Crippen LogP contribution < -0.4 is 19.7 Å². The molecule has 4 amide bonds. The maximum atomic E-state index is 13.1. The summed E-state index contributed by atoms with van der Waals surface area (Å²) in [6, 6.07) is 13.4. The van der Waals surface area contributed by atoms with E-state index in [0.29, 0.717) is 22.7 Å². The molecule has 1 aliphatic rings. The normalized spacial score (nSPS) is 18.4. The van der Waals surface area contributed by atoms with Gasteiger partial charge in [-0.15, -0.1) is 0 Å². The maximum absolute atomic E-state index is 13.1. The Morgan fingerprint density at radius 2 is 1.72 bits per heavy atom. The number of anilines is 1. The summed E-state index contributed by atoms with van der Waals surface area (Å²) < 4.78 is 10.5. The predicted molar refractivity (Wildman–Crippen MR) is 107 cm³/mol. The molecule has 2 aromatic rings. The molecule has 29 heavy (non-hydrogen) atoms. The molecular formula is C21H23N3O5. The fraction of sp³-hybridized carbons (Fsp3) is 0.286. The average molecular weight is 397 g/mol. The minimum Gasteiger partial charge on any atom is -0.493 e. The SMILES string of the molecule is COc1ccc(C2(C)NC(=O)N(CC(=O)N(C)c3ccccc3)C2=O)cc1OC. The lowest BCUT2D eigenvalue weighted by atomic mass is 9.91. The average Bonchev–Trinajstić information content (AvgIpc) is 2.97. The monoisotopic (exact) mass is 397 g/mol. The summed E-state index contributed by atoms with van der Waals surface area (Å²) in [7, 11) is 4.60. The summed E-state index contributed by atoms with van der Waals surface area (Å²) in [5, 5.41) is 2.69. The van der Waals surface area contributed by atoms with Crippen molar-refractivity contribution < 1.29 is 23.9 Å². The maximum Gasteiger partial charge on any atom is 0.325 e. The summed E-state index contributed by atoms with van der Waals surface area (Å²) in [4.78, 5) is 40.6. The Labute approximate surface area is 169 Å². The van der Waals surface area contributed by atoms with Gasteiger partial charge in [0, 0.05) is 12.7 Å². The van der Waals surface area contributed by atoms with Crippen LogP contribution in [0.4, 0.5) is 10.5 Å². The van der Waals surface area contributed by atoms with Crippen LogP contribution in [0.1, 0.15) is 12.5 Å². The fourth-order valence-electron chi connectivity index (χ4n) is 3.22. The molecule has 1 heterocycles. The summed E-state index contributed by atoms with van der Waals surface area (Å²) in [5.74, 6) is 0.0561. The zero-order chi connectivity index (χ0) is 21.2. The minimum absolute atomic E-state index is 0.362. The Hall–Kier alpha value is -3.55. The van der Waals surface area contributed by atoms with Gasteiger partial charge in [0.05, 0.1) is 14.2 Å². The number of rotatable bonds is 6. The topological polar surface area (TPSA) is 88.2 Å². The van der Waals surface area contributed by atoms with Crippen LogP contribution in [0.15, 0.2) is 48.5 Å². The van der Waals surface area contributed by atoms with Crippen molar-refractivity contribution in [3.8, 4) is 11.5 Å². The van der Waals surface area contributed by atoms with Crippen molar-refractivity contribution >= 4 is 23.5 Å². The summed E-state index contributed by atoms with van der Waals surface area (Å²) >= 11 is 0. The number of imide groups is 1. The van der Waals surface area contributed by atoms with Crippen LogP contribution in [0.3, 0.4) is 0 Å². The molecule has 0 bridgehead atoms. The highest BCUT2D eigenvalue weighted by atomic mass is 16.5. The molecule has 1 aliphatic heterocycles. The lowest BCUT2D eigenvalue weighted by molar-refractivity contribution is -0.134. The highest BCUT2D eigenvalue weighted by Gasteiger charge is 2.50. The Morgan fingerprint density at radius 3 is 2.34 bits per heavy atom. The number of nitrogens with zero attached hydrogens (tertiary/aromatic N) is 2. The van der Waals surface area contributed by atoms with E-state index in [0.717, 1.165) is 4.90 Å². The van der Waals surface area contributed by atoms with Crippen molar-refractivity contribution in [2.24, 2.45) is 0 Å². The van der Waals surface area contributed by atoms with Gasteiger partial charge in [-0.1, -0.05) is 24.3 Å². The van der Waals surface area contributed by atoms with Crippen LogP contribution in [0.2, 0.25) is 0 Å². The quantitative estimate of drug-likeness (QED) is 0.755. The number of methoxy groups -OCH3 is 2. The van der Waals surface area contributed by atoms with Gasteiger partial charge < -0.3 is 19.7 Å². The van der Waals surface area contributed by atoms with E-state index < -0.39 is 17.5 Å². The Bertz CT molecular complexity index is 947. The van der Waals surface area contributed by atoms with Crippen molar-refractivity contribution in [3.63, 3.8) is 0 Å². The molecule has 1 saturated heterocycles. The molecule has 2 aromatic carbocycles. The Balaban J connectivity index is 1.83. The number of nitrogens with one attached hydrogen (secondary N) is 1. The first kappa shape index (κ1) is 20.2. The van der Waals surface area contributed by atoms with Crippen LogP contribution >= 0.6 is 0 Å². The number of carbonyl (C=O) groups excluding carboxylic acids is 3. The molecule has 0 radical (unpaired) electrons. The number of hydrogen-bond acceptors (Lipinski definition) is 5. The van der Waals surface area contributed by atoms with E-state index in [-0.39, 0.29) is 12.5 Å². The van der Waals surface area contributed by atoms with E-state index in [1.807, 2.05) is 6.07 Å². The zero-order valence-corrected chi connectivity index (χ0v) is 16.8. The van der Waals surface area contributed by atoms with E-state index in [2.05, 4.69) is 5.32 Å². The highest BCUT2D eigenvalue weighted by Crippen LogP contribution is 2.35. The lowest BCUT2D eigenvalue weighted by Crippen LogP contribution is -2.43. The Kier molecular flexibility index (Phi) is 5.45. The molecule has 0 aliphatic carbocycles. The second kappa shape index (κ2) is 7.83. The first-order valence-electron chi connectivity index (χ1n) is 9.00. The van der Waals surface area contributed by atoms with Gasteiger partial charge >= 0.3 is 6.03 Å². The van der Waals surface area contributed by atoms with Crippen LogP contribution in [-0.4, -0.2) is 50.6 Å². The van der Waals surface area contributed by atoms with E-state index in [4.69, 9.17) is 9.47 Å². The molecule has 1 unspecified atom stereocenters. The summed E-state index contributed by atoms with van der Waals surface area (Å²) in [5.41, 5.74) is -0.116. The lowest BCUT2D eigenvalue weighted by Gasteiger charge is -2.24. The van der Waals surface area contributed by atoms with Crippen LogP contribution in [0, 0.1) is 0 Å². The molecule has 0 saturated carbocycles. The van der Waals surface area contributed by atoms with E-state index in [9.17, 15) is 14.4 Å². The van der Waals surface area contributed by atoms with Gasteiger partial charge in [0.15, 0.2) is 11.5 Å². The number of ether oxygens (including phenoxy) is 2. The second-order valence-electron chi connectivity index (χ2n) is 6.80. The molecular weight excluding hydrogens is 374 g/mol. The Morgan fingerprint density at radius 1 is 1.07 bits per heavy atom. The molecule has 1 fully saturated rings. The molecule has 152 valence electrons. The van der Waals surface area contributed by atoms with Gasteiger partial charge in [-0.3, -0.25) is 14.5 Å². The van der Waals surface area contributed by atoms with Crippen LogP contribution in [0.25, 0.3) is 0 Å². The first-order valence-corrected chi connectivity index (χ1v) is 9.00. The van der Waals surface area contributed by atoms with Crippen molar-refractivity contribution in [2.75, 3.05) is 32.7 Å². The van der Waals surface area contributed by atoms with Crippen molar-refractivity contribution in [2.45, 2.75) is 12.5 Å². The van der Waals surface area contributed by atoms with Gasteiger partial charge in [-0.05, 0) is 36.8 Å². The summed E-state index contributed by atoms with van der Waals surface area (Å²) in [6.07, 6.45) is 0. The van der Waals surface area contributed by atoms with Crippen molar-refractivity contribution in [1.82, 2.24) is 10.2 Å². The molecule has 8 heteroatoms. The summed E-state index contributed by atoms with van der Waals surface area (Å²) in [6.45, 7) is 1.23. The van der Waals surface area contributed by atoms with Gasteiger partial charge in [-0.2, -0.15) is 0 Å². The van der Waals surface area contributed by atoms with E-state index >= 15 is 0 Å². The largest absolute Gasteiger partial charge is 0.493 e. The number of carbonyl (C=O) groups is 3. The number of urea groups is 1. The molecule has 1 atom stereocenters. The van der Waals surface area contributed by atoms with Gasteiger partial charge in [0.2, 0.25) is 5.91 Å². The third-order valence-electron chi connectivity index (χ3n) is 5.05. The number of likely N-dealkylation sites (N-methyl/N-ethyl adjacent to an activating group) is 1. The van der Waals surface area contributed by atoms with Crippen molar-refractivity contribution in [3.05, 3.63) is 54.1 Å². The first-order chi connectivity index (χ1) is 13.8. The van der Waals surface area contributed by atoms with Gasteiger partial charge in [-0.25, -0.2) is 4.79 Å². The number of hydrogen-bond donors (Lipinski definition) is 1. The second-order valence-corrected chi connectivity index (χ2v) is 6.80. The third-order valence-corrected chi connectivity index (χ3v) is 5.05. The van der Waals surface area contributed by atoms with Crippen LogP contribution in [0.5, 0.6) is 11.5 Å². The highest BCUT2D eigenvalue weighted by molar-refractivity contribution is 6.10. The number of para-hydroxylation sites is 1. The standard InChI is InChI=1S/C21H23N3O5/c1-21(14-10-11-16(28-3)17(12-14)29-4)19(26)24(20(27)22-21)13-18(25)23(2)15-8-6-5-7-9-15/h5-12H,13H2,1-4H3,(H,22,27). The van der Waals surface area contributed by atoms with Crippen LogP contribution in [-0.2, 0) is 15.1 Å². The number of benzene rings is 2. The zero-order valence-electron chi connectivity index (χ0n) is 16.8. The van der Waals surface area contributed by atoms with E-state index in [1.54, 1.807) is 56.4 Å².